The van der Waals surface area contributed by atoms with E-state index in [-0.39, 0.29) is 18.4 Å². The van der Waals surface area contributed by atoms with Crippen molar-refractivity contribution in [3.05, 3.63) is 54.1 Å². The molecule has 0 bridgehead atoms. The third kappa shape index (κ3) is 4.03. The number of carbonyl (C=O) groups excluding carboxylic acids is 1. The van der Waals surface area contributed by atoms with Crippen LogP contribution in [0.3, 0.4) is 0 Å². The molecule has 1 amide bonds. The zero-order valence-corrected chi connectivity index (χ0v) is 19.4. The first kappa shape index (κ1) is 22.4. The standard InChI is InChI=1S/C26H30N6O2/c1-2-7-20(17-33)24-27-26(14-5-6-15-26)25(34)32(24)16-18-10-12-19(13-11-18)21-8-3-4-9-22(21)23-28-30-31-29-23/h3-4,8-13,20,33H,2,5-7,14-17H2,1H3,(H,28,29,30,31). The van der Waals surface area contributed by atoms with Crippen molar-refractivity contribution >= 4 is 11.7 Å². The van der Waals surface area contributed by atoms with Gasteiger partial charge in [0.15, 0.2) is 0 Å². The summed E-state index contributed by atoms with van der Waals surface area (Å²) in [5.74, 6) is 1.31. The number of H-pyrrole nitrogens is 1. The molecule has 2 N–H and O–H groups in total. The molecule has 176 valence electrons. The van der Waals surface area contributed by atoms with E-state index < -0.39 is 5.54 Å². The molecule has 2 aliphatic rings. The maximum Gasteiger partial charge on any atom is 0.256 e. The van der Waals surface area contributed by atoms with Gasteiger partial charge in [-0.1, -0.05) is 74.7 Å². The van der Waals surface area contributed by atoms with E-state index >= 15 is 0 Å². The van der Waals surface area contributed by atoms with Crippen molar-refractivity contribution in [2.24, 2.45) is 10.9 Å². The zero-order chi connectivity index (χ0) is 23.5. The summed E-state index contributed by atoms with van der Waals surface area (Å²) in [6, 6.07) is 16.2. The molecule has 5 rings (SSSR count). The fraction of sp³-hybridized carbons (Fsp3) is 0.423. The van der Waals surface area contributed by atoms with E-state index in [1.807, 2.05) is 29.2 Å². The normalized spacial score (nSPS) is 18.0. The number of nitrogens with zero attached hydrogens (tertiary/aromatic N) is 5. The molecule has 34 heavy (non-hydrogen) atoms. The van der Waals surface area contributed by atoms with Crippen molar-refractivity contribution in [1.82, 2.24) is 25.5 Å². The lowest BCUT2D eigenvalue weighted by atomic mass is 9.97. The molecule has 1 saturated carbocycles. The van der Waals surface area contributed by atoms with Gasteiger partial charge >= 0.3 is 0 Å². The molecular formula is C26H30N6O2. The Bertz CT molecular complexity index is 1170. The summed E-state index contributed by atoms with van der Waals surface area (Å²) in [4.78, 5) is 20.4. The summed E-state index contributed by atoms with van der Waals surface area (Å²) in [7, 11) is 0. The number of aliphatic imine (C=N–C) groups is 1. The number of hydrogen-bond acceptors (Lipinski definition) is 6. The lowest BCUT2D eigenvalue weighted by Crippen LogP contribution is -2.42. The van der Waals surface area contributed by atoms with Gasteiger partial charge in [0.25, 0.3) is 5.91 Å². The summed E-state index contributed by atoms with van der Waals surface area (Å²) in [5, 5.41) is 24.5. The van der Waals surface area contributed by atoms with Crippen LogP contribution in [0.4, 0.5) is 0 Å². The number of amidine groups is 1. The van der Waals surface area contributed by atoms with Crippen molar-refractivity contribution in [2.45, 2.75) is 57.5 Å². The molecule has 1 spiro atoms. The number of tetrazole rings is 1. The van der Waals surface area contributed by atoms with Crippen LogP contribution in [0, 0.1) is 5.92 Å². The Labute approximate surface area is 199 Å². The largest absolute Gasteiger partial charge is 0.396 e. The summed E-state index contributed by atoms with van der Waals surface area (Å²) in [6.07, 6.45) is 5.43. The molecule has 1 aliphatic heterocycles. The van der Waals surface area contributed by atoms with Crippen molar-refractivity contribution in [3.8, 4) is 22.5 Å². The molecule has 8 nitrogen and oxygen atoms in total. The molecule has 1 aromatic heterocycles. The number of carbonyl (C=O) groups is 1. The summed E-state index contributed by atoms with van der Waals surface area (Å²) < 4.78 is 0. The summed E-state index contributed by atoms with van der Waals surface area (Å²) in [6.45, 7) is 2.57. The van der Waals surface area contributed by atoms with Gasteiger partial charge in [0.1, 0.15) is 11.4 Å². The van der Waals surface area contributed by atoms with Crippen molar-refractivity contribution in [1.29, 1.82) is 0 Å². The Balaban J connectivity index is 1.41. The van der Waals surface area contributed by atoms with E-state index in [0.717, 1.165) is 66.6 Å². The van der Waals surface area contributed by atoms with E-state index in [1.165, 1.54) is 0 Å². The molecule has 1 aliphatic carbocycles. The van der Waals surface area contributed by atoms with Crippen molar-refractivity contribution < 1.29 is 9.90 Å². The number of nitrogens with one attached hydrogen (secondary N) is 1. The molecular weight excluding hydrogens is 428 g/mol. The van der Waals surface area contributed by atoms with Crippen LogP contribution < -0.4 is 0 Å². The number of aliphatic hydroxyl groups excluding tert-OH is 1. The highest BCUT2D eigenvalue weighted by molar-refractivity contribution is 6.09. The first-order valence-electron chi connectivity index (χ1n) is 12.1. The van der Waals surface area contributed by atoms with Crippen LogP contribution in [0.1, 0.15) is 51.0 Å². The first-order chi connectivity index (χ1) is 16.6. The van der Waals surface area contributed by atoms with E-state index in [0.29, 0.717) is 12.4 Å². The van der Waals surface area contributed by atoms with Crippen LogP contribution in [0.15, 0.2) is 53.5 Å². The smallest absolute Gasteiger partial charge is 0.256 e. The number of benzene rings is 2. The van der Waals surface area contributed by atoms with Gasteiger partial charge in [-0.15, -0.1) is 10.2 Å². The number of aliphatic hydroxyl groups is 1. The third-order valence-corrected chi connectivity index (χ3v) is 7.02. The zero-order valence-electron chi connectivity index (χ0n) is 19.4. The lowest BCUT2D eigenvalue weighted by Gasteiger charge is -2.25. The summed E-state index contributed by atoms with van der Waals surface area (Å²) in [5.41, 5.74) is 3.38. The van der Waals surface area contributed by atoms with Crippen LogP contribution in [0.5, 0.6) is 0 Å². The maximum absolute atomic E-state index is 13.5. The Morgan fingerprint density at radius 3 is 2.47 bits per heavy atom. The van der Waals surface area contributed by atoms with Gasteiger partial charge in [0.05, 0.1) is 13.2 Å². The topological polar surface area (TPSA) is 107 Å². The van der Waals surface area contributed by atoms with Gasteiger partial charge < -0.3 is 5.11 Å². The second kappa shape index (κ2) is 9.46. The second-order valence-corrected chi connectivity index (χ2v) is 9.25. The highest BCUT2D eigenvalue weighted by atomic mass is 16.3. The predicted octanol–water partition coefficient (Wildman–Crippen LogP) is 4.00. The molecule has 2 aromatic carbocycles. The number of rotatable bonds is 8. The van der Waals surface area contributed by atoms with Crippen LogP contribution in [-0.4, -0.2) is 54.5 Å². The van der Waals surface area contributed by atoms with E-state index in [1.54, 1.807) is 0 Å². The fourth-order valence-electron chi connectivity index (χ4n) is 5.26. The third-order valence-electron chi connectivity index (χ3n) is 7.02. The second-order valence-electron chi connectivity index (χ2n) is 9.25. The minimum Gasteiger partial charge on any atom is -0.396 e. The van der Waals surface area contributed by atoms with E-state index in [2.05, 4.69) is 51.8 Å². The number of aromatic amines is 1. The minimum atomic E-state index is -0.611. The van der Waals surface area contributed by atoms with Gasteiger partial charge in [0.2, 0.25) is 5.82 Å². The Morgan fingerprint density at radius 1 is 1.09 bits per heavy atom. The van der Waals surface area contributed by atoms with Gasteiger partial charge in [-0.3, -0.25) is 14.7 Å². The van der Waals surface area contributed by atoms with Gasteiger partial charge in [0, 0.05) is 11.5 Å². The Morgan fingerprint density at radius 2 is 1.82 bits per heavy atom. The minimum absolute atomic E-state index is 0.0122. The Hall–Kier alpha value is -3.39. The van der Waals surface area contributed by atoms with Crippen LogP contribution in [-0.2, 0) is 11.3 Å². The molecule has 1 atom stereocenters. The predicted molar refractivity (Wildman–Crippen MR) is 130 cm³/mol. The monoisotopic (exact) mass is 458 g/mol. The maximum atomic E-state index is 13.5. The van der Waals surface area contributed by atoms with Crippen molar-refractivity contribution in [2.75, 3.05) is 6.61 Å². The molecule has 2 heterocycles. The average molecular weight is 459 g/mol. The van der Waals surface area contributed by atoms with Crippen LogP contribution in [0.2, 0.25) is 0 Å². The molecule has 1 unspecified atom stereocenters. The average Bonchev–Trinajstić information content (AvgIpc) is 3.62. The molecule has 0 saturated heterocycles. The SMILES string of the molecule is CCCC(CO)C1=NC2(CCCC2)C(=O)N1Cc1ccc(-c2ccccc2-c2nn[nH]n2)cc1. The molecule has 1 fully saturated rings. The number of hydrogen-bond donors (Lipinski definition) is 2. The fourth-order valence-corrected chi connectivity index (χ4v) is 5.26. The van der Waals surface area contributed by atoms with Gasteiger partial charge in [-0.2, -0.15) is 5.21 Å². The summed E-state index contributed by atoms with van der Waals surface area (Å²) >= 11 is 0. The van der Waals surface area contributed by atoms with Crippen LogP contribution >= 0.6 is 0 Å². The quantitative estimate of drug-likeness (QED) is 0.531. The molecule has 8 heteroatoms. The van der Waals surface area contributed by atoms with Crippen LogP contribution in [0.25, 0.3) is 22.5 Å². The van der Waals surface area contributed by atoms with E-state index in [9.17, 15) is 9.90 Å². The highest BCUT2D eigenvalue weighted by Gasteiger charge is 2.50. The van der Waals surface area contributed by atoms with Gasteiger partial charge in [-0.25, -0.2) is 0 Å². The van der Waals surface area contributed by atoms with Gasteiger partial charge in [-0.05, 0) is 41.2 Å². The first-order valence-corrected chi connectivity index (χ1v) is 12.1. The molecule has 3 aromatic rings. The lowest BCUT2D eigenvalue weighted by molar-refractivity contribution is -0.131. The molecule has 0 radical (unpaired) electrons. The number of amides is 1. The van der Waals surface area contributed by atoms with E-state index in [4.69, 9.17) is 4.99 Å². The highest BCUT2D eigenvalue weighted by Crippen LogP contribution is 2.41. The number of aromatic nitrogens is 4. The van der Waals surface area contributed by atoms with Crippen molar-refractivity contribution in [3.63, 3.8) is 0 Å². The Kier molecular flexibility index (Phi) is 6.24.